The first-order chi connectivity index (χ1) is 33.2. The lowest BCUT2D eigenvalue weighted by molar-refractivity contribution is -0.222. The van der Waals surface area contributed by atoms with Gasteiger partial charge in [-0.15, -0.1) is 0 Å². The molecule has 16 nitrogen and oxygen atoms in total. The van der Waals surface area contributed by atoms with Crippen LogP contribution in [-0.4, -0.2) is 145 Å². The standard InChI is InChI=1S/C42H42N2O8.C10H19NO4.CH4O/c1-42(2,28-16-13-26(14-17-28)25-9-5-4-6-10-25)52-41(50)44-20-8-19-43(21-22-44)24-32(45)27-15-18-29-31(23-27)39(48)35-36(37(29)46)40(49)34-30(38(35)47)11-7-12-33(34)51-3;1-7-8(2-3-10(12)14-7)15-9-6-13-5-4-11-9;1-2/h4-7,9-14,16-17,27,46,48H,8,15,18-24H2,1-3H3;7-12H,2-6H2,1H3;2H,1H3/t;7-,8?,9?,10?;/m.0./s1. The largest absolute Gasteiger partial charge is 0.507 e. The number of Topliss-reactive ketones (excluding diaryl/α,β-unsaturated/α-hetero) is 1. The molecule has 16 heteroatoms. The molecule has 3 heterocycles. The predicted octanol–water partition coefficient (Wildman–Crippen LogP) is 5.75. The molecule has 2 aliphatic carbocycles. The molecule has 5 N–H and O–H groups in total. The summed E-state index contributed by atoms with van der Waals surface area (Å²) in [5.74, 6) is -2.10. The number of methoxy groups -OCH3 is 1. The number of carbonyl (C=O) groups is 4. The minimum Gasteiger partial charge on any atom is -0.507 e. The fraction of sp³-hybridized carbons (Fsp3) is 0.472. The quantitative estimate of drug-likeness (QED) is 0.111. The van der Waals surface area contributed by atoms with Gasteiger partial charge in [0.05, 0.1) is 55.8 Å². The first-order valence-corrected chi connectivity index (χ1v) is 23.7. The highest BCUT2D eigenvalue weighted by Gasteiger charge is 2.41. The van der Waals surface area contributed by atoms with E-state index >= 15 is 0 Å². The van der Waals surface area contributed by atoms with Crippen molar-refractivity contribution in [2.75, 3.05) is 66.7 Å². The molecule has 0 aromatic heterocycles. The molecule has 3 fully saturated rings. The normalized spacial score (nSPS) is 22.5. The fourth-order valence-corrected chi connectivity index (χ4v) is 9.74. The van der Waals surface area contributed by atoms with Gasteiger partial charge in [0.2, 0.25) is 5.78 Å². The molecule has 9 rings (SSSR count). The van der Waals surface area contributed by atoms with E-state index in [1.165, 1.54) is 13.2 Å². The van der Waals surface area contributed by atoms with E-state index in [0.717, 1.165) is 43.4 Å². The Balaban J connectivity index is 0.000000349. The molecule has 4 aromatic rings. The monoisotopic (exact) mass is 951 g/mol. The molecule has 1 amide bonds. The van der Waals surface area contributed by atoms with Crippen molar-refractivity contribution in [3.8, 4) is 28.4 Å². The first kappa shape index (κ1) is 51.1. The number of rotatable bonds is 9. The van der Waals surface area contributed by atoms with Gasteiger partial charge in [0, 0.05) is 68.9 Å². The van der Waals surface area contributed by atoms with E-state index in [4.69, 9.17) is 28.8 Å². The highest BCUT2D eigenvalue weighted by atomic mass is 16.6. The Morgan fingerprint density at radius 2 is 1.54 bits per heavy atom. The van der Waals surface area contributed by atoms with Gasteiger partial charge < -0.3 is 49.0 Å². The number of phenolic OH excluding ortho intramolecular Hbond substituents is 2. The molecular weight excluding hydrogens is 887 g/mol. The molecule has 4 aromatic carbocycles. The second-order valence-corrected chi connectivity index (χ2v) is 18.4. The minimum absolute atomic E-state index is 0.0177. The van der Waals surface area contributed by atoms with Crippen molar-refractivity contribution < 1.29 is 63.3 Å². The van der Waals surface area contributed by atoms with Crippen molar-refractivity contribution in [1.82, 2.24) is 15.1 Å². The maximum absolute atomic E-state index is 13.7. The lowest BCUT2D eigenvalue weighted by atomic mass is 9.74. The third-order valence-electron chi connectivity index (χ3n) is 13.6. The second-order valence-electron chi connectivity index (χ2n) is 18.4. The predicted molar refractivity (Wildman–Crippen MR) is 256 cm³/mol. The van der Waals surface area contributed by atoms with E-state index in [-0.39, 0.29) is 83.1 Å². The zero-order valence-corrected chi connectivity index (χ0v) is 40.1. The second kappa shape index (κ2) is 22.8. The van der Waals surface area contributed by atoms with Gasteiger partial charge >= 0.3 is 6.09 Å². The number of phenols is 2. The number of fused-ring (bicyclic) bond motifs is 3. The number of hydrogen-bond acceptors (Lipinski definition) is 15. The summed E-state index contributed by atoms with van der Waals surface area (Å²) in [5.41, 5.74) is 2.65. The molecule has 69 heavy (non-hydrogen) atoms. The molecule has 0 spiro atoms. The van der Waals surface area contributed by atoms with Crippen LogP contribution in [0.1, 0.15) is 95.0 Å². The highest BCUT2D eigenvalue weighted by molar-refractivity contribution is 6.31. The van der Waals surface area contributed by atoms with Crippen LogP contribution in [0.25, 0.3) is 11.1 Å². The van der Waals surface area contributed by atoms with Crippen LogP contribution in [-0.2, 0) is 42.2 Å². The lowest BCUT2D eigenvalue weighted by Gasteiger charge is -2.35. The van der Waals surface area contributed by atoms with Crippen molar-refractivity contribution in [1.29, 1.82) is 0 Å². The van der Waals surface area contributed by atoms with Gasteiger partial charge in [0.15, 0.2) is 12.1 Å². The first-order valence-electron chi connectivity index (χ1n) is 23.7. The van der Waals surface area contributed by atoms with Gasteiger partial charge in [-0.25, -0.2) is 4.79 Å². The molecule has 4 unspecified atom stereocenters. The molecule has 5 atom stereocenters. The summed E-state index contributed by atoms with van der Waals surface area (Å²) in [6.07, 6.45) is 1.90. The summed E-state index contributed by atoms with van der Waals surface area (Å²) in [7, 11) is 2.40. The molecule has 3 aliphatic heterocycles. The number of carbonyl (C=O) groups excluding carboxylic acids is 4. The van der Waals surface area contributed by atoms with Crippen molar-refractivity contribution in [3.05, 3.63) is 112 Å². The molecular formula is C53H65N3O13. The number of aromatic hydroxyl groups is 2. The summed E-state index contributed by atoms with van der Waals surface area (Å²) in [5, 5.41) is 42.2. The van der Waals surface area contributed by atoms with Crippen LogP contribution >= 0.6 is 0 Å². The Kier molecular flexibility index (Phi) is 16.9. The van der Waals surface area contributed by atoms with Crippen molar-refractivity contribution >= 4 is 23.4 Å². The topological polar surface area (TPSA) is 214 Å². The number of aliphatic hydroxyl groups excluding tert-OH is 2. The van der Waals surface area contributed by atoms with E-state index in [1.54, 1.807) is 17.0 Å². The van der Waals surface area contributed by atoms with Gasteiger partial charge in [0.1, 0.15) is 34.9 Å². The average molecular weight is 952 g/mol. The molecule has 0 bridgehead atoms. The zero-order chi connectivity index (χ0) is 49.4. The van der Waals surface area contributed by atoms with Gasteiger partial charge in [-0.3, -0.25) is 24.6 Å². The molecule has 0 saturated carbocycles. The number of nitrogens with one attached hydrogen (secondary N) is 1. The molecule has 3 saturated heterocycles. The number of aliphatic hydroxyl groups is 2. The van der Waals surface area contributed by atoms with Gasteiger partial charge in [-0.1, -0.05) is 66.7 Å². The summed E-state index contributed by atoms with van der Waals surface area (Å²) in [6.45, 7) is 10.1. The van der Waals surface area contributed by atoms with Crippen LogP contribution in [0.2, 0.25) is 0 Å². The van der Waals surface area contributed by atoms with E-state index in [1.807, 2.05) is 68.1 Å². The van der Waals surface area contributed by atoms with E-state index in [0.29, 0.717) is 63.2 Å². The third-order valence-corrected chi connectivity index (χ3v) is 13.6. The number of nitrogens with zero attached hydrogens (tertiary/aromatic N) is 2. The number of benzene rings is 4. The van der Waals surface area contributed by atoms with Crippen LogP contribution in [0.15, 0.2) is 72.8 Å². The Bertz CT molecular complexity index is 2460. The zero-order valence-electron chi connectivity index (χ0n) is 40.1. The maximum atomic E-state index is 13.7. The van der Waals surface area contributed by atoms with E-state index in [9.17, 15) is 34.5 Å². The van der Waals surface area contributed by atoms with Gasteiger partial charge in [-0.05, 0) is 75.6 Å². The maximum Gasteiger partial charge on any atom is 0.410 e. The lowest BCUT2D eigenvalue weighted by Crippen LogP contribution is -2.48. The number of ketones is 3. The van der Waals surface area contributed by atoms with Gasteiger partial charge in [0.25, 0.3) is 0 Å². The summed E-state index contributed by atoms with van der Waals surface area (Å²) < 4.78 is 27.8. The number of amides is 1. The smallest absolute Gasteiger partial charge is 0.410 e. The fourth-order valence-electron chi connectivity index (χ4n) is 9.74. The van der Waals surface area contributed by atoms with E-state index < -0.39 is 35.5 Å². The van der Waals surface area contributed by atoms with Crippen LogP contribution in [0.4, 0.5) is 4.79 Å². The molecule has 370 valence electrons. The van der Waals surface area contributed by atoms with Gasteiger partial charge in [-0.2, -0.15) is 0 Å². The van der Waals surface area contributed by atoms with Crippen molar-refractivity contribution in [3.63, 3.8) is 0 Å². The number of hydrogen-bond donors (Lipinski definition) is 5. The Morgan fingerprint density at radius 3 is 2.23 bits per heavy atom. The van der Waals surface area contributed by atoms with Crippen LogP contribution in [0.3, 0.4) is 0 Å². The van der Waals surface area contributed by atoms with Crippen molar-refractivity contribution in [2.45, 2.75) is 89.6 Å². The van der Waals surface area contributed by atoms with Crippen LogP contribution in [0, 0.1) is 5.92 Å². The Labute approximate surface area is 403 Å². The average Bonchev–Trinajstić information content (AvgIpc) is 3.61. The highest BCUT2D eigenvalue weighted by Crippen LogP contribution is 2.47. The molecule has 5 aliphatic rings. The number of ether oxygens (including phenoxy) is 5. The van der Waals surface area contributed by atoms with Crippen LogP contribution in [0.5, 0.6) is 17.2 Å². The molecule has 0 radical (unpaired) electrons. The van der Waals surface area contributed by atoms with Crippen LogP contribution < -0.4 is 10.1 Å². The summed E-state index contributed by atoms with van der Waals surface area (Å²) in [6, 6.07) is 22.8. The van der Waals surface area contributed by atoms with Crippen molar-refractivity contribution in [2.24, 2.45) is 5.92 Å². The number of morpholine rings is 1. The third kappa shape index (κ3) is 11.5. The SMILES string of the molecule is CO.COc1cccc2c1C(=O)c1c(O)c3c(c(O)c1C2=O)CC(C(=O)CN1CCCN(C(=O)OC(C)(C)c2ccc(-c4ccccc4)cc2)CC1)CC3.C[C@@H]1OC(O)CCC1OC1COCCN1. The Morgan fingerprint density at radius 1 is 0.826 bits per heavy atom. The Hall–Kier alpha value is -5.72. The van der Waals surface area contributed by atoms with E-state index in [2.05, 4.69) is 17.4 Å². The summed E-state index contributed by atoms with van der Waals surface area (Å²) in [4.78, 5) is 57.9. The summed E-state index contributed by atoms with van der Waals surface area (Å²) >= 11 is 0. The minimum atomic E-state index is -0.848.